The monoisotopic (exact) mass is 495 g/mol. The van der Waals surface area contributed by atoms with Crippen LogP contribution in [0.4, 0.5) is 10.1 Å². The van der Waals surface area contributed by atoms with Gasteiger partial charge in [0, 0.05) is 6.21 Å². The van der Waals surface area contributed by atoms with Gasteiger partial charge in [-0.05, 0) is 78.7 Å². The molecule has 0 heterocycles. The first-order valence-corrected chi connectivity index (χ1v) is 12.5. The van der Waals surface area contributed by atoms with Gasteiger partial charge in [0.1, 0.15) is 17.3 Å². The van der Waals surface area contributed by atoms with E-state index in [4.69, 9.17) is 21.1 Å². The minimum atomic E-state index is -0.484. The number of halogens is 2. The molecule has 3 aromatic carbocycles. The maximum absolute atomic E-state index is 13.2. The Kier molecular flexibility index (Phi) is 10.8. The summed E-state index contributed by atoms with van der Waals surface area (Å²) in [6, 6.07) is 18.2. The van der Waals surface area contributed by atoms with Gasteiger partial charge in [-0.15, -0.1) is 0 Å². The molecule has 0 aromatic heterocycles. The van der Waals surface area contributed by atoms with Crippen LogP contribution in [0.1, 0.15) is 67.8 Å². The van der Waals surface area contributed by atoms with Crippen LogP contribution in [0, 0.1) is 5.82 Å². The zero-order valence-electron chi connectivity index (χ0n) is 20.0. The van der Waals surface area contributed by atoms with Crippen LogP contribution < -0.4 is 9.47 Å². The predicted octanol–water partition coefficient (Wildman–Crippen LogP) is 8.58. The summed E-state index contributed by atoms with van der Waals surface area (Å²) in [5.74, 6) is 0.253. The van der Waals surface area contributed by atoms with E-state index in [1.54, 1.807) is 60.8 Å². The molecule has 0 radical (unpaired) electrons. The molecule has 0 N–H and O–H groups in total. The second-order valence-electron chi connectivity index (χ2n) is 8.31. The highest BCUT2D eigenvalue weighted by atomic mass is 35.5. The Morgan fingerprint density at radius 1 is 0.886 bits per heavy atom. The summed E-state index contributed by atoms with van der Waals surface area (Å²) in [4.78, 5) is 16.7. The highest BCUT2D eigenvalue weighted by Gasteiger charge is 2.09. The van der Waals surface area contributed by atoms with Crippen LogP contribution in [0.2, 0.25) is 5.02 Å². The minimum Gasteiger partial charge on any atom is -0.494 e. The average molecular weight is 496 g/mol. The first-order valence-electron chi connectivity index (χ1n) is 12.1. The molecule has 0 aliphatic heterocycles. The van der Waals surface area contributed by atoms with Crippen molar-refractivity contribution in [3.63, 3.8) is 0 Å². The van der Waals surface area contributed by atoms with E-state index in [0.29, 0.717) is 23.6 Å². The fraction of sp³-hybridized carbons (Fsp3) is 0.310. The van der Waals surface area contributed by atoms with Crippen molar-refractivity contribution in [1.29, 1.82) is 0 Å². The molecule has 184 valence electrons. The average Bonchev–Trinajstić information content (AvgIpc) is 2.87. The van der Waals surface area contributed by atoms with Gasteiger partial charge in [-0.3, -0.25) is 4.99 Å². The van der Waals surface area contributed by atoms with Gasteiger partial charge < -0.3 is 9.47 Å². The lowest BCUT2D eigenvalue weighted by Crippen LogP contribution is -2.08. The fourth-order valence-corrected chi connectivity index (χ4v) is 3.61. The molecule has 4 nitrogen and oxygen atoms in total. The van der Waals surface area contributed by atoms with Crippen molar-refractivity contribution in [3.8, 4) is 11.5 Å². The molecular formula is C29H31ClFNO3. The van der Waals surface area contributed by atoms with Gasteiger partial charge in [-0.1, -0.05) is 57.0 Å². The molecule has 0 saturated heterocycles. The van der Waals surface area contributed by atoms with Crippen molar-refractivity contribution in [2.75, 3.05) is 6.61 Å². The van der Waals surface area contributed by atoms with E-state index in [1.165, 1.54) is 50.7 Å². The SMILES string of the molecule is CCCCCCCCCOc1ccc(C(=O)Oc2ccc(C=Nc3ccc(F)c(Cl)c3)cc2)cc1. The van der Waals surface area contributed by atoms with E-state index in [1.807, 2.05) is 0 Å². The van der Waals surface area contributed by atoms with Gasteiger partial charge in [0.2, 0.25) is 0 Å². The molecule has 0 atom stereocenters. The van der Waals surface area contributed by atoms with Crippen LogP contribution in [0.15, 0.2) is 71.7 Å². The molecule has 0 spiro atoms. The Bertz CT molecular complexity index is 1100. The normalized spacial score (nSPS) is 11.1. The van der Waals surface area contributed by atoms with Crippen LogP contribution in [-0.2, 0) is 0 Å². The van der Waals surface area contributed by atoms with Gasteiger partial charge in [-0.25, -0.2) is 9.18 Å². The smallest absolute Gasteiger partial charge is 0.343 e. The van der Waals surface area contributed by atoms with Crippen molar-refractivity contribution >= 4 is 29.5 Å². The maximum atomic E-state index is 13.2. The number of carbonyl (C=O) groups is 1. The number of esters is 1. The van der Waals surface area contributed by atoms with Crippen molar-refractivity contribution in [2.24, 2.45) is 4.99 Å². The third-order valence-electron chi connectivity index (χ3n) is 5.46. The van der Waals surface area contributed by atoms with Gasteiger partial charge >= 0.3 is 5.97 Å². The van der Waals surface area contributed by atoms with Crippen molar-refractivity contribution in [2.45, 2.75) is 51.9 Å². The molecule has 0 amide bonds. The molecule has 35 heavy (non-hydrogen) atoms. The summed E-state index contributed by atoms with van der Waals surface area (Å²) in [5, 5.41) is 0.0228. The van der Waals surface area contributed by atoms with Gasteiger partial charge in [0.25, 0.3) is 0 Å². The van der Waals surface area contributed by atoms with Crippen molar-refractivity contribution < 1.29 is 18.7 Å². The maximum Gasteiger partial charge on any atom is 0.343 e. The van der Waals surface area contributed by atoms with Gasteiger partial charge in [0.05, 0.1) is 22.9 Å². The van der Waals surface area contributed by atoms with E-state index in [0.717, 1.165) is 17.7 Å². The zero-order chi connectivity index (χ0) is 24.9. The number of benzene rings is 3. The zero-order valence-corrected chi connectivity index (χ0v) is 20.8. The third kappa shape index (κ3) is 9.18. The Morgan fingerprint density at radius 3 is 2.23 bits per heavy atom. The number of nitrogens with zero attached hydrogens (tertiary/aromatic N) is 1. The molecule has 0 bridgehead atoms. The Balaban J connectivity index is 1.42. The molecule has 3 rings (SSSR count). The van der Waals surface area contributed by atoms with Crippen LogP contribution in [0.3, 0.4) is 0 Å². The molecule has 3 aromatic rings. The highest BCUT2D eigenvalue weighted by molar-refractivity contribution is 6.31. The number of hydrogen-bond acceptors (Lipinski definition) is 4. The summed E-state index contributed by atoms with van der Waals surface area (Å²) in [5.41, 5.74) is 1.79. The van der Waals surface area contributed by atoms with Gasteiger partial charge in [0.15, 0.2) is 0 Å². The Morgan fingerprint density at radius 2 is 1.54 bits per heavy atom. The third-order valence-corrected chi connectivity index (χ3v) is 5.75. The molecule has 0 aliphatic carbocycles. The Hall–Kier alpha value is -3.18. The van der Waals surface area contributed by atoms with E-state index < -0.39 is 11.8 Å². The quantitative estimate of drug-likeness (QED) is 0.103. The lowest BCUT2D eigenvalue weighted by atomic mass is 10.1. The molecular weight excluding hydrogens is 465 g/mol. The fourth-order valence-electron chi connectivity index (χ4n) is 3.44. The van der Waals surface area contributed by atoms with Crippen LogP contribution in [-0.4, -0.2) is 18.8 Å². The number of hydrogen-bond donors (Lipinski definition) is 0. The number of carbonyl (C=O) groups excluding carboxylic acids is 1. The largest absolute Gasteiger partial charge is 0.494 e. The first kappa shape index (κ1) is 26.4. The second-order valence-corrected chi connectivity index (χ2v) is 8.72. The number of unbranched alkanes of at least 4 members (excludes halogenated alkanes) is 6. The van der Waals surface area contributed by atoms with E-state index >= 15 is 0 Å². The highest BCUT2D eigenvalue weighted by Crippen LogP contribution is 2.22. The summed E-state index contributed by atoms with van der Waals surface area (Å²) < 4.78 is 24.5. The molecule has 6 heteroatoms. The topological polar surface area (TPSA) is 47.9 Å². The number of rotatable bonds is 13. The lowest BCUT2D eigenvalue weighted by Gasteiger charge is -2.08. The van der Waals surface area contributed by atoms with Crippen LogP contribution in [0.25, 0.3) is 0 Å². The van der Waals surface area contributed by atoms with E-state index in [2.05, 4.69) is 11.9 Å². The summed E-state index contributed by atoms with van der Waals surface area (Å²) >= 11 is 5.77. The summed E-state index contributed by atoms with van der Waals surface area (Å²) in [6.07, 6.45) is 10.3. The van der Waals surface area contributed by atoms with Crippen LogP contribution in [0.5, 0.6) is 11.5 Å². The molecule has 0 saturated carbocycles. The second kappa shape index (κ2) is 14.3. The summed E-state index contributed by atoms with van der Waals surface area (Å²) in [6.45, 7) is 2.91. The first-order chi connectivity index (χ1) is 17.0. The van der Waals surface area contributed by atoms with Crippen LogP contribution >= 0.6 is 11.6 Å². The predicted molar refractivity (Wildman–Crippen MR) is 140 cm³/mol. The Labute approximate surface area is 211 Å². The molecule has 0 unspecified atom stereocenters. The minimum absolute atomic E-state index is 0.0228. The molecule has 0 aliphatic rings. The van der Waals surface area contributed by atoms with E-state index in [-0.39, 0.29) is 5.02 Å². The standard InChI is InChI=1S/C29H31ClFNO3/c1-2-3-4-5-6-7-8-19-34-25-16-11-23(12-17-25)29(33)35-26-14-9-22(10-15-26)21-32-24-13-18-28(31)27(30)20-24/h9-18,20-21H,2-8,19H2,1H3. The lowest BCUT2D eigenvalue weighted by molar-refractivity contribution is 0.0734. The number of aliphatic imine (C=N–C) groups is 1. The van der Waals surface area contributed by atoms with Gasteiger partial charge in [-0.2, -0.15) is 0 Å². The van der Waals surface area contributed by atoms with Crippen molar-refractivity contribution in [1.82, 2.24) is 0 Å². The van der Waals surface area contributed by atoms with Crippen molar-refractivity contribution in [3.05, 3.63) is 88.7 Å². The number of ether oxygens (including phenoxy) is 2. The summed E-state index contributed by atoms with van der Waals surface area (Å²) in [7, 11) is 0. The van der Waals surface area contributed by atoms with E-state index in [9.17, 15) is 9.18 Å². The molecule has 0 fully saturated rings.